The molecule has 136 valence electrons. The topological polar surface area (TPSA) is 79.0 Å². The summed E-state index contributed by atoms with van der Waals surface area (Å²) < 4.78 is 4.70. The number of rotatable bonds is 7. The van der Waals surface area contributed by atoms with Crippen LogP contribution in [0.15, 0.2) is 24.3 Å². The van der Waals surface area contributed by atoms with E-state index in [4.69, 9.17) is 4.74 Å². The van der Waals surface area contributed by atoms with Crippen LogP contribution in [-0.2, 0) is 14.3 Å². The van der Waals surface area contributed by atoms with E-state index in [2.05, 4.69) is 10.2 Å². The van der Waals surface area contributed by atoms with Crippen molar-refractivity contribution in [2.24, 2.45) is 5.92 Å². The van der Waals surface area contributed by atoms with Gasteiger partial charge in [-0.25, -0.2) is 4.79 Å². The van der Waals surface area contributed by atoms with Crippen molar-refractivity contribution in [3.63, 3.8) is 0 Å². The van der Waals surface area contributed by atoms with Crippen molar-refractivity contribution in [1.82, 2.24) is 10.2 Å². The third kappa shape index (κ3) is 5.03. The normalized spacial score (nSPS) is 17.0. The van der Waals surface area contributed by atoms with Gasteiger partial charge in [0.2, 0.25) is 11.8 Å². The van der Waals surface area contributed by atoms with Crippen LogP contribution >= 0.6 is 0 Å². The number of esters is 1. The van der Waals surface area contributed by atoms with Gasteiger partial charge < -0.3 is 19.9 Å². The van der Waals surface area contributed by atoms with Gasteiger partial charge in [-0.05, 0) is 45.3 Å². The number of carbonyl (C=O) groups is 3. The Morgan fingerprint density at radius 2 is 2.12 bits per heavy atom. The average molecular weight is 347 g/mol. The molecule has 25 heavy (non-hydrogen) atoms. The molecule has 1 atom stereocenters. The minimum atomic E-state index is -0.455. The minimum Gasteiger partial charge on any atom is -0.465 e. The van der Waals surface area contributed by atoms with E-state index in [0.29, 0.717) is 24.3 Å². The Bertz CT molecular complexity index is 645. The quantitative estimate of drug-likeness (QED) is 0.585. The number of nitrogens with one attached hydrogen (secondary N) is 1. The van der Waals surface area contributed by atoms with Crippen molar-refractivity contribution in [3.05, 3.63) is 29.8 Å². The highest BCUT2D eigenvalue weighted by molar-refractivity contribution is 6.01. The lowest BCUT2D eigenvalue weighted by Crippen LogP contribution is -2.34. The number of ether oxygens (including phenoxy) is 1. The van der Waals surface area contributed by atoms with E-state index in [-0.39, 0.29) is 24.2 Å². The predicted molar refractivity (Wildman–Crippen MR) is 94.4 cm³/mol. The smallest absolute Gasteiger partial charge is 0.337 e. The Hall–Kier alpha value is -2.41. The van der Waals surface area contributed by atoms with Crippen LogP contribution in [-0.4, -0.2) is 63.5 Å². The molecule has 0 bridgehead atoms. The number of amides is 2. The van der Waals surface area contributed by atoms with Crippen LogP contribution in [0, 0.1) is 5.92 Å². The molecule has 1 aromatic rings. The summed E-state index contributed by atoms with van der Waals surface area (Å²) in [6, 6.07) is 6.69. The van der Waals surface area contributed by atoms with Crippen LogP contribution in [0.3, 0.4) is 0 Å². The fourth-order valence-corrected chi connectivity index (χ4v) is 2.80. The summed E-state index contributed by atoms with van der Waals surface area (Å²) in [7, 11) is 5.28. The molecule has 0 radical (unpaired) electrons. The molecule has 0 saturated carbocycles. The molecule has 1 fully saturated rings. The molecule has 1 aliphatic heterocycles. The van der Waals surface area contributed by atoms with Crippen molar-refractivity contribution in [1.29, 1.82) is 0 Å². The first-order valence-electron chi connectivity index (χ1n) is 8.33. The number of carbonyl (C=O) groups excluding carboxylic acids is 3. The van der Waals surface area contributed by atoms with E-state index in [0.717, 1.165) is 13.0 Å². The second-order valence-electron chi connectivity index (χ2n) is 6.40. The number of methoxy groups -OCH3 is 1. The highest BCUT2D eigenvalue weighted by Crippen LogP contribution is 2.26. The average Bonchev–Trinajstić information content (AvgIpc) is 2.99. The maximum atomic E-state index is 12.3. The molecule has 7 heteroatoms. The van der Waals surface area contributed by atoms with E-state index >= 15 is 0 Å². The molecular formula is C18H25N3O4. The summed E-state index contributed by atoms with van der Waals surface area (Å²) in [6.45, 7) is 1.82. The maximum Gasteiger partial charge on any atom is 0.337 e. The summed E-state index contributed by atoms with van der Waals surface area (Å²) in [5.41, 5.74) is 0.986. The Labute approximate surface area is 147 Å². The van der Waals surface area contributed by atoms with Crippen molar-refractivity contribution in [2.45, 2.75) is 12.8 Å². The molecule has 7 nitrogen and oxygen atoms in total. The highest BCUT2D eigenvalue weighted by Gasteiger charge is 2.35. The van der Waals surface area contributed by atoms with E-state index < -0.39 is 5.97 Å². The van der Waals surface area contributed by atoms with Crippen LogP contribution in [0.25, 0.3) is 0 Å². The van der Waals surface area contributed by atoms with Gasteiger partial charge in [-0.3, -0.25) is 9.59 Å². The molecular weight excluding hydrogens is 322 g/mol. The number of anilines is 1. The van der Waals surface area contributed by atoms with E-state index in [1.807, 2.05) is 14.1 Å². The van der Waals surface area contributed by atoms with Crippen molar-refractivity contribution in [3.8, 4) is 0 Å². The molecule has 0 aromatic heterocycles. The van der Waals surface area contributed by atoms with Crippen molar-refractivity contribution < 1.29 is 19.1 Å². The summed E-state index contributed by atoms with van der Waals surface area (Å²) >= 11 is 0. The molecule has 2 amide bonds. The van der Waals surface area contributed by atoms with Gasteiger partial charge in [0.1, 0.15) is 0 Å². The van der Waals surface area contributed by atoms with Gasteiger partial charge in [0.25, 0.3) is 0 Å². The molecule has 2 rings (SSSR count). The maximum absolute atomic E-state index is 12.3. The molecule has 1 aromatic carbocycles. The first kappa shape index (κ1) is 18.9. The third-order valence-electron chi connectivity index (χ3n) is 4.16. The van der Waals surface area contributed by atoms with Gasteiger partial charge >= 0.3 is 5.97 Å². The Kier molecular flexibility index (Phi) is 6.52. The predicted octanol–water partition coefficient (Wildman–Crippen LogP) is 0.894. The third-order valence-corrected chi connectivity index (χ3v) is 4.16. The SMILES string of the molecule is COC(=O)c1cccc(N2CC(C(=O)NCCCN(C)C)CC2=O)c1. The molecule has 0 spiro atoms. The summed E-state index contributed by atoms with van der Waals surface area (Å²) in [5.74, 6) is -1.04. The van der Waals surface area contributed by atoms with Crippen molar-refractivity contribution >= 4 is 23.5 Å². The molecule has 0 aliphatic carbocycles. The number of hydrogen-bond donors (Lipinski definition) is 1. The van der Waals surface area contributed by atoms with Gasteiger partial charge in [0, 0.05) is 25.2 Å². The van der Waals surface area contributed by atoms with E-state index in [1.54, 1.807) is 29.2 Å². The number of nitrogens with zero attached hydrogens (tertiary/aromatic N) is 2. The summed E-state index contributed by atoms with van der Waals surface area (Å²) in [6.07, 6.45) is 1.05. The lowest BCUT2D eigenvalue weighted by Gasteiger charge is -2.17. The molecule has 1 aliphatic rings. The second kappa shape index (κ2) is 8.62. The van der Waals surface area contributed by atoms with Crippen molar-refractivity contribution in [2.75, 3.05) is 45.7 Å². The summed E-state index contributed by atoms with van der Waals surface area (Å²) in [5, 5.41) is 2.89. The van der Waals surface area contributed by atoms with Gasteiger partial charge in [-0.15, -0.1) is 0 Å². The van der Waals surface area contributed by atoms with Gasteiger partial charge in [-0.2, -0.15) is 0 Å². The monoisotopic (exact) mass is 347 g/mol. The number of benzene rings is 1. The summed E-state index contributed by atoms with van der Waals surface area (Å²) in [4.78, 5) is 39.8. The Morgan fingerprint density at radius 1 is 1.36 bits per heavy atom. The lowest BCUT2D eigenvalue weighted by atomic mass is 10.1. The van der Waals surface area contributed by atoms with Crippen LogP contribution in [0.4, 0.5) is 5.69 Å². The first-order valence-corrected chi connectivity index (χ1v) is 8.33. The largest absolute Gasteiger partial charge is 0.465 e. The fraction of sp³-hybridized carbons (Fsp3) is 0.500. The van der Waals surface area contributed by atoms with Gasteiger partial charge in [-0.1, -0.05) is 6.07 Å². The van der Waals surface area contributed by atoms with Gasteiger partial charge in [0.15, 0.2) is 0 Å². The highest BCUT2D eigenvalue weighted by atomic mass is 16.5. The van der Waals surface area contributed by atoms with Crippen LogP contribution in [0.2, 0.25) is 0 Å². The fourth-order valence-electron chi connectivity index (χ4n) is 2.80. The van der Waals surface area contributed by atoms with Crippen LogP contribution in [0.1, 0.15) is 23.2 Å². The minimum absolute atomic E-state index is 0.0984. The Balaban J connectivity index is 1.96. The molecule has 1 unspecified atom stereocenters. The Morgan fingerprint density at radius 3 is 2.80 bits per heavy atom. The van der Waals surface area contributed by atoms with Crippen LogP contribution in [0.5, 0.6) is 0 Å². The van der Waals surface area contributed by atoms with E-state index in [9.17, 15) is 14.4 Å². The zero-order valence-corrected chi connectivity index (χ0v) is 14.9. The second-order valence-corrected chi connectivity index (χ2v) is 6.40. The first-order chi connectivity index (χ1) is 11.9. The number of hydrogen-bond acceptors (Lipinski definition) is 5. The van der Waals surface area contributed by atoms with E-state index in [1.165, 1.54) is 7.11 Å². The van der Waals surface area contributed by atoms with Gasteiger partial charge in [0.05, 0.1) is 18.6 Å². The molecule has 1 heterocycles. The van der Waals surface area contributed by atoms with Crippen LogP contribution < -0.4 is 10.2 Å². The zero-order chi connectivity index (χ0) is 18.4. The molecule has 1 N–H and O–H groups in total. The molecule has 1 saturated heterocycles. The zero-order valence-electron chi connectivity index (χ0n) is 14.9. The standard InChI is InChI=1S/C18H25N3O4/c1-20(2)9-5-8-19-17(23)14-11-16(22)21(12-14)15-7-4-6-13(10-15)18(24)25-3/h4,6-7,10,14H,5,8-9,11-12H2,1-3H3,(H,19,23). The lowest BCUT2D eigenvalue weighted by molar-refractivity contribution is -0.126.